The first-order chi connectivity index (χ1) is 16.0. The first-order valence-electron chi connectivity index (χ1n) is 11.0. The van der Waals surface area contributed by atoms with Gasteiger partial charge in [-0.25, -0.2) is 0 Å². The SMILES string of the molecule is Cc1ccc(C(=O)Nc2ccc(CN3CCN(C)CC3)cc2)cc1C#Cc1ccc(N)nn1. The van der Waals surface area contributed by atoms with Crippen LogP contribution in [0.4, 0.5) is 11.5 Å². The van der Waals surface area contributed by atoms with Crippen molar-refractivity contribution in [3.05, 3.63) is 82.5 Å². The summed E-state index contributed by atoms with van der Waals surface area (Å²) < 4.78 is 0. The minimum atomic E-state index is -0.169. The maximum Gasteiger partial charge on any atom is 0.255 e. The second-order valence-electron chi connectivity index (χ2n) is 8.35. The van der Waals surface area contributed by atoms with Crippen molar-refractivity contribution in [3.63, 3.8) is 0 Å². The third kappa shape index (κ3) is 6.16. The fourth-order valence-corrected chi connectivity index (χ4v) is 3.60. The summed E-state index contributed by atoms with van der Waals surface area (Å²) in [5, 5.41) is 10.7. The van der Waals surface area contributed by atoms with Gasteiger partial charge in [-0.1, -0.05) is 24.1 Å². The van der Waals surface area contributed by atoms with Gasteiger partial charge >= 0.3 is 0 Å². The van der Waals surface area contributed by atoms with E-state index in [1.165, 1.54) is 5.56 Å². The van der Waals surface area contributed by atoms with Crippen LogP contribution in [0.15, 0.2) is 54.6 Å². The van der Waals surface area contributed by atoms with Crippen LogP contribution in [0.1, 0.15) is 32.7 Å². The minimum Gasteiger partial charge on any atom is -0.382 e. The number of hydrogen-bond donors (Lipinski definition) is 2. The highest BCUT2D eigenvalue weighted by atomic mass is 16.1. The number of anilines is 2. The number of piperazine rings is 1. The highest BCUT2D eigenvalue weighted by molar-refractivity contribution is 6.04. The van der Waals surface area contributed by atoms with E-state index in [1.807, 2.05) is 25.1 Å². The van der Waals surface area contributed by atoms with Gasteiger partial charge in [-0.2, -0.15) is 0 Å². The molecule has 1 amide bonds. The first kappa shape index (κ1) is 22.5. The third-order valence-electron chi connectivity index (χ3n) is 5.72. The van der Waals surface area contributed by atoms with Gasteiger partial charge in [0.25, 0.3) is 5.91 Å². The summed E-state index contributed by atoms with van der Waals surface area (Å²) in [6, 6.07) is 16.9. The summed E-state index contributed by atoms with van der Waals surface area (Å²) in [4.78, 5) is 17.6. The van der Waals surface area contributed by atoms with Crippen molar-refractivity contribution in [2.75, 3.05) is 44.3 Å². The van der Waals surface area contributed by atoms with Gasteiger partial charge in [0.15, 0.2) is 0 Å². The molecule has 0 radical (unpaired) electrons. The fraction of sp³-hybridized carbons (Fsp3) is 0.269. The molecule has 0 atom stereocenters. The minimum absolute atomic E-state index is 0.169. The van der Waals surface area contributed by atoms with E-state index >= 15 is 0 Å². The molecule has 0 spiro atoms. The third-order valence-corrected chi connectivity index (χ3v) is 5.72. The Hall–Kier alpha value is -3.73. The van der Waals surface area contributed by atoms with Gasteiger partial charge in [-0.05, 0) is 67.4 Å². The number of aryl methyl sites for hydroxylation is 1. The molecule has 0 saturated carbocycles. The van der Waals surface area contributed by atoms with Gasteiger partial charge in [0, 0.05) is 49.5 Å². The van der Waals surface area contributed by atoms with Crippen LogP contribution in [0, 0.1) is 18.8 Å². The Morgan fingerprint density at radius 3 is 2.45 bits per heavy atom. The summed E-state index contributed by atoms with van der Waals surface area (Å²) in [6.45, 7) is 7.26. The molecule has 168 valence electrons. The number of aromatic nitrogens is 2. The van der Waals surface area contributed by atoms with Gasteiger partial charge in [-0.3, -0.25) is 9.69 Å². The number of nitrogen functional groups attached to an aromatic ring is 1. The van der Waals surface area contributed by atoms with Gasteiger partial charge < -0.3 is 16.0 Å². The van der Waals surface area contributed by atoms with Crippen LogP contribution in [0.3, 0.4) is 0 Å². The zero-order chi connectivity index (χ0) is 23.2. The lowest BCUT2D eigenvalue weighted by Crippen LogP contribution is -2.43. The van der Waals surface area contributed by atoms with Crippen molar-refractivity contribution in [2.24, 2.45) is 0 Å². The lowest BCUT2D eigenvalue weighted by Gasteiger charge is -2.32. The second-order valence-corrected chi connectivity index (χ2v) is 8.35. The van der Waals surface area contributed by atoms with Gasteiger partial charge in [-0.15, -0.1) is 10.2 Å². The monoisotopic (exact) mass is 440 g/mol. The summed E-state index contributed by atoms with van der Waals surface area (Å²) in [5.74, 6) is 6.23. The average Bonchev–Trinajstić information content (AvgIpc) is 2.82. The summed E-state index contributed by atoms with van der Waals surface area (Å²) in [5.41, 5.74) is 10.4. The van der Waals surface area contributed by atoms with Crippen LogP contribution >= 0.6 is 0 Å². The van der Waals surface area contributed by atoms with Crippen LogP contribution in [0.2, 0.25) is 0 Å². The number of carbonyl (C=O) groups excluding carboxylic acids is 1. The van der Waals surface area contributed by atoms with E-state index in [1.54, 1.807) is 24.3 Å². The molecule has 3 aromatic rings. The Labute approximate surface area is 194 Å². The topological polar surface area (TPSA) is 87.4 Å². The van der Waals surface area contributed by atoms with Crippen molar-refractivity contribution < 1.29 is 4.79 Å². The molecule has 1 aliphatic rings. The standard InChI is InChI=1S/C26H28N6O/c1-19-3-6-22(17-21(19)7-10-24-11-12-25(27)30-29-24)26(33)28-23-8-4-20(5-9-23)18-32-15-13-31(2)14-16-32/h3-6,8-9,11-12,17H,13-16,18H2,1-2H3,(H2,27,30)(H,28,33). The summed E-state index contributed by atoms with van der Waals surface area (Å²) in [6.07, 6.45) is 0. The molecular weight excluding hydrogens is 412 g/mol. The van der Waals surface area contributed by atoms with Gasteiger partial charge in [0.1, 0.15) is 11.5 Å². The lowest BCUT2D eigenvalue weighted by atomic mass is 10.0. The van der Waals surface area contributed by atoms with E-state index in [0.29, 0.717) is 17.1 Å². The van der Waals surface area contributed by atoms with Crippen molar-refractivity contribution in [1.82, 2.24) is 20.0 Å². The Bertz CT molecular complexity index is 1170. The van der Waals surface area contributed by atoms with Crippen molar-refractivity contribution in [1.29, 1.82) is 0 Å². The molecule has 2 heterocycles. The second kappa shape index (κ2) is 10.3. The molecule has 1 aliphatic heterocycles. The van der Waals surface area contributed by atoms with E-state index in [9.17, 15) is 4.79 Å². The Morgan fingerprint density at radius 1 is 1.00 bits per heavy atom. The van der Waals surface area contributed by atoms with Crippen molar-refractivity contribution >= 4 is 17.4 Å². The highest BCUT2D eigenvalue weighted by Crippen LogP contribution is 2.16. The van der Waals surface area contributed by atoms with Crippen LogP contribution in [-0.4, -0.2) is 59.1 Å². The summed E-state index contributed by atoms with van der Waals surface area (Å²) >= 11 is 0. The molecule has 1 saturated heterocycles. The molecule has 4 rings (SSSR count). The van der Waals surface area contributed by atoms with E-state index in [2.05, 4.69) is 56.3 Å². The number of rotatable bonds is 4. The van der Waals surface area contributed by atoms with E-state index in [-0.39, 0.29) is 5.91 Å². The highest BCUT2D eigenvalue weighted by Gasteiger charge is 2.14. The molecular formula is C26H28N6O. The molecule has 7 heteroatoms. The largest absolute Gasteiger partial charge is 0.382 e. The number of benzene rings is 2. The van der Waals surface area contributed by atoms with E-state index in [4.69, 9.17) is 5.73 Å². The quantitative estimate of drug-likeness (QED) is 0.607. The molecule has 1 aromatic heterocycles. The van der Waals surface area contributed by atoms with Crippen LogP contribution in [0.5, 0.6) is 0 Å². The maximum atomic E-state index is 12.8. The molecule has 0 bridgehead atoms. The van der Waals surface area contributed by atoms with Gasteiger partial charge in [0.05, 0.1) is 0 Å². The average molecular weight is 441 g/mol. The van der Waals surface area contributed by atoms with Crippen molar-refractivity contribution in [3.8, 4) is 11.8 Å². The van der Waals surface area contributed by atoms with Crippen LogP contribution < -0.4 is 11.1 Å². The first-order valence-corrected chi connectivity index (χ1v) is 11.0. The van der Waals surface area contributed by atoms with E-state index < -0.39 is 0 Å². The number of nitrogens with zero attached hydrogens (tertiary/aromatic N) is 4. The van der Waals surface area contributed by atoms with Crippen LogP contribution in [-0.2, 0) is 6.54 Å². The predicted molar refractivity (Wildman–Crippen MR) is 131 cm³/mol. The molecule has 0 aliphatic carbocycles. The molecule has 33 heavy (non-hydrogen) atoms. The molecule has 3 N–H and O–H groups in total. The number of nitrogens with two attached hydrogens (primary N) is 1. The molecule has 2 aromatic carbocycles. The lowest BCUT2D eigenvalue weighted by molar-refractivity contribution is 0.102. The number of carbonyl (C=O) groups is 1. The Morgan fingerprint density at radius 2 is 1.76 bits per heavy atom. The summed E-state index contributed by atoms with van der Waals surface area (Å²) in [7, 11) is 2.16. The zero-order valence-corrected chi connectivity index (χ0v) is 19.0. The smallest absolute Gasteiger partial charge is 0.255 e. The fourth-order valence-electron chi connectivity index (χ4n) is 3.60. The number of hydrogen-bond acceptors (Lipinski definition) is 6. The maximum absolute atomic E-state index is 12.8. The zero-order valence-electron chi connectivity index (χ0n) is 19.0. The molecule has 7 nitrogen and oxygen atoms in total. The number of amides is 1. The Kier molecular flexibility index (Phi) is 6.98. The van der Waals surface area contributed by atoms with E-state index in [0.717, 1.165) is 49.5 Å². The normalized spacial score (nSPS) is 14.4. The van der Waals surface area contributed by atoms with Crippen molar-refractivity contribution in [2.45, 2.75) is 13.5 Å². The molecule has 1 fully saturated rings. The number of nitrogens with one attached hydrogen (secondary N) is 1. The predicted octanol–water partition coefficient (Wildman–Crippen LogP) is 2.77. The Balaban J connectivity index is 1.40. The van der Waals surface area contributed by atoms with Crippen LogP contribution in [0.25, 0.3) is 0 Å². The molecule has 0 unspecified atom stereocenters. The number of likely N-dealkylation sites (N-methyl/N-ethyl adjacent to an activating group) is 1. The van der Waals surface area contributed by atoms with Gasteiger partial charge in [0.2, 0.25) is 0 Å².